The van der Waals surface area contributed by atoms with E-state index in [0.29, 0.717) is 17.5 Å². The van der Waals surface area contributed by atoms with Crippen molar-refractivity contribution in [2.45, 2.75) is 33.4 Å². The topological polar surface area (TPSA) is 64.7 Å². The van der Waals surface area contributed by atoms with E-state index in [9.17, 15) is 4.79 Å². The fraction of sp³-hybridized carbons (Fsp3) is 0.250. The van der Waals surface area contributed by atoms with E-state index in [1.165, 1.54) is 6.08 Å². The Bertz CT molecular complexity index is 956. The number of rotatable bonds is 6. The van der Waals surface area contributed by atoms with Crippen molar-refractivity contribution in [3.05, 3.63) is 70.6 Å². The first-order chi connectivity index (χ1) is 13.0. The van der Waals surface area contributed by atoms with Crippen molar-refractivity contribution in [1.82, 2.24) is 19.6 Å². The van der Waals surface area contributed by atoms with E-state index in [0.717, 1.165) is 16.8 Å². The molecule has 0 aliphatic carbocycles. The van der Waals surface area contributed by atoms with Crippen LogP contribution in [0, 0.1) is 6.92 Å². The minimum Gasteiger partial charge on any atom is -0.307 e. The van der Waals surface area contributed by atoms with Crippen LogP contribution in [0.3, 0.4) is 0 Å². The van der Waals surface area contributed by atoms with E-state index in [1.54, 1.807) is 27.7 Å². The van der Waals surface area contributed by atoms with Gasteiger partial charge in [-0.15, -0.1) is 0 Å². The number of hydrogen-bond donors (Lipinski definition) is 1. The Labute approximate surface area is 163 Å². The molecule has 0 saturated heterocycles. The van der Waals surface area contributed by atoms with Crippen molar-refractivity contribution in [2.75, 3.05) is 5.32 Å². The van der Waals surface area contributed by atoms with Crippen molar-refractivity contribution in [2.24, 2.45) is 0 Å². The fourth-order valence-electron chi connectivity index (χ4n) is 2.77. The van der Waals surface area contributed by atoms with E-state index >= 15 is 0 Å². The van der Waals surface area contributed by atoms with Gasteiger partial charge in [0.25, 0.3) is 0 Å². The van der Waals surface area contributed by atoms with Crippen molar-refractivity contribution < 1.29 is 4.79 Å². The predicted octanol–water partition coefficient (Wildman–Crippen LogP) is 4.32. The van der Waals surface area contributed by atoms with Gasteiger partial charge >= 0.3 is 0 Å². The lowest BCUT2D eigenvalue weighted by atomic mass is 10.2. The highest BCUT2D eigenvalue weighted by atomic mass is 35.5. The Kier molecular flexibility index (Phi) is 5.76. The number of nitrogens with one attached hydrogen (secondary N) is 1. The van der Waals surface area contributed by atoms with Gasteiger partial charge in [0.15, 0.2) is 0 Å². The summed E-state index contributed by atoms with van der Waals surface area (Å²) in [6.07, 6.45) is 4.81. The van der Waals surface area contributed by atoms with Crippen LogP contribution in [0.15, 0.2) is 48.7 Å². The van der Waals surface area contributed by atoms with Crippen LogP contribution in [0.4, 0.5) is 5.82 Å². The van der Waals surface area contributed by atoms with Crippen LogP contribution in [0.5, 0.6) is 0 Å². The van der Waals surface area contributed by atoms with Gasteiger partial charge in [-0.05, 0) is 32.4 Å². The predicted molar refractivity (Wildman–Crippen MR) is 108 cm³/mol. The Morgan fingerprint density at radius 3 is 2.70 bits per heavy atom. The van der Waals surface area contributed by atoms with Crippen LogP contribution in [-0.2, 0) is 11.3 Å². The maximum atomic E-state index is 12.3. The zero-order valence-electron chi connectivity index (χ0n) is 15.6. The molecule has 0 atom stereocenters. The Morgan fingerprint density at radius 2 is 2.00 bits per heavy atom. The molecule has 1 amide bonds. The number of carbonyl (C=O) groups is 1. The molecular formula is C20H22ClN5O. The minimum absolute atomic E-state index is 0.159. The van der Waals surface area contributed by atoms with E-state index in [2.05, 4.69) is 15.5 Å². The lowest BCUT2D eigenvalue weighted by Crippen LogP contribution is -2.14. The lowest BCUT2D eigenvalue weighted by molar-refractivity contribution is -0.111. The molecule has 0 fully saturated rings. The van der Waals surface area contributed by atoms with Crippen LogP contribution in [-0.4, -0.2) is 25.5 Å². The zero-order valence-corrected chi connectivity index (χ0v) is 16.3. The Hall–Kier alpha value is -2.86. The number of anilines is 1. The van der Waals surface area contributed by atoms with Crippen molar-refractivity contribution in [1.29, 1.82) is 0 Å². The molecule has 0 aliphatic heterocycles. The van der Waals surface area contributed by atoms with Gasteiger partial charge in [-0.1, -0.05) is 41.9 Å². The van der Waals surface area contributed by atoms with Crippen LogP contribution >= 0.6 is 11.6 Å². The maximum Gasteiger partial charge on any atom is 0.249 e. The second kappa shape index (κ2) is 8.22. The first-order valence-electron chi connectivity index (χ1n) is 8.75. The van der Waals surface area contributed by atoms with Gasteiger partial charge < -0.3 is 5.32 Å². The molecule has 2 aromatic heterocycles. The molecular weight excluding hydrogens is 362 g/mol. The van der Waals surface area contributed by atoms with Gasteiger partial charge in [0.05, 0.1) is 18.4 Å². The monoisotopic (exact) mass is 383 g/mol. The summed E-state index contributed by atoms with van der Waals surface area (Å²) in [5.41, 5.74) is 2.62. The number of hydrogen-bond acceptors (Lipinski definition) is 3. The lowest BCUT2D eigenvalue weighted by Gasteiger charge is -2.10. The summed E-state index contributed by atoms with van der Waals surface area (Å²) in [6, 6.07) is 11.9. The number of benzene rings is 1. The number of halogens is 1. The molecule has 3 rings (SSSR count). The van der Waals surface area contributed by atoms with Gasteiger partial charge in [0, 0.05) is 23.7 Å². The summed E-state index contributed by atoms with van der Waals surface area (Å²) in [4.78, 5) is 12.3. The first-order valence-corrected chi connectivity index (χ1v) is 9.13. The third kappa shape index (κ3) is 4.46. The average molecular weight is 384 g/mol. The van der Waals surface area contributed by atoms with Gasteiger partial charge in [-0.3, -0.25) is 4.79 Å². The number of amides is 1. The van der Waals surface area contributed by atoms with Crippen LogP contribution in [0.25, 0.3) is 6.08 Å². The quantitative estimate of drug-likeness (QED) is 0.644. The van der Waals surface area contributed by atoms with Crippen molar-refractivity contribution >= 4 is 29.4 Å². The summed E-state index contributed by atoms with van der Waals surface area (Å²) < 4.78 is 3.49. The number of nitrogens with zero attached hydrogens (tertiary/aromatic N) is 4. The van der Waals surface area contributed by atoms with Crippen LogP contribution < -0.4 is 5.32 Å². The summed E-state index contributed by atoms with van der Waals surface area (Å²) in [5.74, 6) is 0.408. The molecule has 1 N–H and O–H groups in total. The molecule has 0 spiro atoms. The van der Waals surface area contributed by atoms with Crippen molar-refractivity contribution in [3.8, 4) is 0 Å². The normalized spacial score (nSPS) is 11.4. The highest BCUT2D eigenvalue weighted by Gasteiger charge is 2.12. The molecule has 0 saturated carbocycles. The highest BCUT2D eigenvalue weighted by molar-refractivity contribution is 6.31. The molecule has 0 aliphatic rings. The van der Waals surface area contributed by atoms with Crippen molar-refractivity contribution in [3.63, 3.8) is 0 Å². The first kappa shape index (κ1) is 18.9. The molecule has 27 heavy (non-hydrogen) atoms. The molecule has 6 nitrogen and oxygen atoms in total. The van der Waals surface area contributed by atoms with Gasteiger partial charge in [-0.25, -0.2) is 9.36 Å². The second-order valence-electron chi connectivity index (χ2n) is 6.51. The number of carbonyl (C=O) groups excluding carboxylic acids is 1. The van der Waals surface area contributed by atoms with Gasteiger partial charge in [0.2, 0.25) is 5.91 Å². The molecule has 140 valence electrons. The standard InChI is InChI=1S/C20H22ClN5O/c1-14(2)26-18(11-12-22-26)23-19(27)10-9-17-15(3)24-25(20(17)21)13-16-7-5-4-6-8-16/h4-12,14H,13H2,1-3H3,(H,23,27). The fourth-order valence-corrected chi connectivity index (χ4v) is 3.07. The summed E-state index contributed by atoms with van der Waals surface area (Å²) in [7, 11) is 0. The number of aromatic nitrogens is 4. The van der Waals surface area contributed by atoms with Crippen LogP contribution in [0.2, 0.25) is 5.15 Å². The molecule has 0 bridgehead atoms. The third-order valence-corrected chi connectivity index (χ3v) is 4.50. The maximum absolute atomic E-state index is 12.3. The Balaban J connectivity index is 1.73. The largest absolute Gasteiger partial charge is 0.307 e. The molecule has 2 heterocycles. The van der Waals surface area contributed by atoms with Gasteiger partial charge in [-0.2, -0.15) is 10.2 Å². The van der Waals surface area contributed by atoms with E-state index < -0.39 is 0 Å². The second-order valence-corrected chi connectivity index (χ2v) is 6.87. The van der Waals surface area contributed by atoms with E-state index in [1.807, 2.05) is 51.1 Å². The molecule has 0 radical (unpaired) electrons. The average Bonchev–Trinajstić information content (AvgIpc) is 3.19. The minimum atomic E-state index is -0.247. The zero-order chi connectivity index (χ0) is 19.4. The van der Waals surface area contributed by atoms with E-state index in [4.69, 9.17) is 11.6 Å². The summed E-state index contributed by atoms with van der Waals surface area (Å²) in [6.45, 7) is 6.46. The highest BCUT2D eigenvalue weighted by Crippen LogP contribution is 2.22. The SMILES string of the molecule is Cc1nn(Cc2ccccc2)c(Cl)c1C=CC(=O)Nc1ccnn1C(C)C. The molecule has 0 unspecified atom stereocenters. The van der Waals surface area contributed by atoms with Crippen LogP contribution in [0.1, 0.15) is 36.7 Å². The molecule has 7 heteroatoms. The molecule has 1 aromatic carbocycles. The summed E-state index contributed by atoms with van der Waals surface area (Å²) in [5, 5.41) is 12.0. The smallest absolute Gasteiger partial charge is 0.249 e. The number of aryl methyl sites for hydroxylation is 1. The molecule has 3 aromatic rings. The Morgan fingerprint density at radius 1 is 1.26 bits per heavy atom. The van der Waals surface area contributed by atoms with Gasteiger partial charge in [0.1, 0.15) is 11.0 Å². The summed E-state index contributed by atoms with van der Waals surface area (Å²) >= 11 is 6.48. The van der Waals surface area contributed by atoms with E-state index in [-0.39, 0.29) is 11.9 Å². The third-order valence-electron chi connectivity index (χ3n) is 4.10.